The number of halogens is 3. The third-order valence-corrected chi connectivity index (χ3v) is 3.94. The van der Waals surface area contributed by atoms with Gasteiger partial charge in [-0.3, -0.25) is 0 Å². The minimum absolute atomic E-state index is 0.0224. The van der Waals surface area contributed by atoms with Gasteiger partial charge in [0.15, 0.2) is 0 Å². The van der Waals surface area contributed by atoms with Crippen molar-refractivity contribution in [3.8, 4) is 0 Å². The van der Waals surface area contributed by atoms with Crippen LogP contribution < -0.4 is 0 Å². The average molecular weight is 339 g/mol. The van der Waals surface area contributed by atoms with Gasteiger partial charge < -0.3 is 0 Å². The molecule has 0 fully saturated rings. The van der Waals surface area contributed by atoms with Gasteiger partial charge in [0, 0.05) is 0 Å². The van der Waals surface area contributed by atoms with Gasteiger partial charge in [0.2, 0.25) is 0 Å². The van der Waals surface area contributed by atoms with Crippen LogP contribution in [0.3, 0.4) is 0 Å². The molecular weight excluding hydrogens is 314 g/mol. The summed E-state index contributed by atoms with van der Waals surface area (Å²) in [7, 11) is 0. The van der Waals surface area contributed by atoms with Crippen molar-refractivity contribution >= 4 is 11.6 Å². The Labute approximate surface area is 143 Å². The van der Waals surface area contributed by atoms with Crippen LogP contribution in [0, 0.1) is 18.6 Å². The van der Waals surface area contributed by atoms with E-state index in [0.29, 0.717) is 5.92 Å². The van der Waals surface area contributed by atoms with E-state index in [0.717, 1.165) is 11.1 Å². The SMILES string of the molecule is CC(C)(C)c1ccc(Cl)c(F)c1.Cc1cc(C(C)C)ccc1F. The summed E-state index contributed by atoms with van der Waals surface area (Å²) in [6, 6.07) is 10.2. The van der Waals surface area contributed by atoms with Crippen molar-refractivity contribution in [2.45, 2.75) is 52.9 Å². The van der Waals surface area contributed by atoms with Gasteiger partial charge in [0.1, 0.15) is 11.6 Å². The summed E-state index contributed by atoms with van der Waals surface area (Å²) >= 11 is 5.56. The van der Waals surface area contributed by atoms with Gasteiger partial charge in [-0.2, -0.15) is 0 Å². The van der Waals surface area contributed by atoms with Crippen LogP contribution in [0.15, 0.2) is 36.4 Å². The fraction of sp³-hybridized carbons (Fsp3) is 0.400. The molecule has 2 aromatic carbocycles. The second-order valence-corrected chi connectivity index (χ2v) is 7.45. The lowest BCUT2D eigenvalue weighted by Crippen LogP contribution is -2.11. The lowest BCUT2D eigenvalue weighted by atomic mass is 9.87. The van der Waals surface area contributed by atoms with E-state index in [1.807, 2.05) is 39.0 Å². The molecule has 0 saturated heterocycles. The maximum Gasteiger partial charge on any atom is 0.142 e. The second kappa shape index (κ2) is 7.92. The van der Waals surface area contributed by atoms with Crippen molar-refractivity contribution in [2.24, 2.45) is 0 Å². The van der Waals surface area contributed by atoms with Gasteiger partial charge in [0.05, 0.1) is 5.02 Å². The van der Waals surface area contributed by atoms with Gasteiger partial charge >= 0.3 is 0 Å². The lowest BCUT2D eigenvalue weighted by Gasteiger charge is -2.18. The van der Waals surface area contributed by atoms with Crippen LogP contribution >= 0.6 is 11.6 Å². The zero-order valence-electron chi connectivity index (χ0n) is 14.7. The first kappa shape index (κ1) is 19.6. The summed E-state index contributed by atoms with van der Waals surface area (Å²) in [5.41, 5.74) is 2.87. The first-order chi connectivity index (χ1) is 10.5. The van der Waals surface area contributed by atoms with Crippen LogP contribution in [-0.2, 0) is 5.41 Å². The molecule has 0 aliphatic heterocycles. The molecule has 23 heavy (non-hydrogen) atoms. The van der Waals surface area contributed by atoms with E-state index in [1.165, 1.54) is 17.7 Å². The normalized spacial score (nSPS) is 11.2. The molecule has 3 heteroatoms. The Morgan fingerprint density at radius 2 is 1.52 bits per heavy atom. The lowest BCUT2D eigenvalue weighted by molar-refractivity contribution is 0.572. The number of hydrogen-bond acceptors (Lipinski definition) is 0. The van der Waals surface area contributed by atoms with Crippen LogP contribution in [0.4, 0.5) is 8.78 Å². The Balaban J connectivity index is 0.000000231. The Kier molecular flexibility index (Phi) is 6.76. The molecular formula is C20H25ClF2. The molecule has 0 radical (unpaired) electrons. The highest BCUT2D eigenvalue weighted by Gasteiger charge is 2.14. The molecule has 126 valence electrons. The topological polar surface area (TPSA) is 0 Å². The molecule has 0 atom stereocenters. The van der Waals surface area contributed by atoms with Crippen LogP contribution in [0.2, 0.25) is 5.02 Å². The molecule has 2 rings (SSSR count). The second-order valence-electron chi connectivity index (χ2n) is 7.04. The minimum Gasteiger partial charge on any atom is -0.207 e. The zero-order chi connectivity index (χ0) is 17.8. The van der Waals surface area contributed by atoms with Crippen molar-refractivity contribution in [2.75, 3.05) is 0 Å². The van der Waals surface area contributed by atoms with Crippen molar-refractivity contribution in [1.82, 2.24) is 0 Å². The minimum atomic E-state index is -0.343. The third kappa shape index (κ3) is 5.95. The van der Waals surface area contributed by atoms with E-state index in [1.54, 1.807) is 13.0 Å². The maximum absolute atomic E-state index is 13.0. The standard InChI is InChI=1S/C10H12ClF.C10H13F/c1-10(2,3)7-4-5-8(11)9(12)6-7;1-7(2)9-4-5-10(11)8(3)6-9/h4-6H,1-3H3;4-7H,1-3H3. The number of aryl methyl sites for hydroxylation is 1. The smallest absolute Gasteiger partial charge is 0.142 e. The Morgan fingerprint density at radius 1 is 0.913 bits per heavy atom. The molecule has 2 aromatic rings. The van der Waals surface area contributed by atoms with Crippen molar-refractivity contribution in [3.05, 3.63) is 69.7 Å². The molecule has 0 aliphatic rings. The highest BCUT2D eigenvalue weighted by molar-refractivity contribution is 6.30. The number of rotatable bonds is 1. The summed E-state index contributed by atoms with van der Waals surface area (Å²) in [6.07, 6.45) is 0. The largest absolute Gasteiger partial charge is 0.207 e. The molecule has 0 amide bonds. The van der Waals surface area contributed by atoms with E-state index in [4.69, 9.17) is 11.6 Å². The van der Waals surface area contributed by atoms with E-state index in [-0.39, 0.29) is 22.1 Å². The number of hydrogen-bond donors (Lipinski definition) is 0. The maximum atomic E-state index is 13.0. The van der Waals surface area contributed by atoms with Gasteiger partial charge in [0.25, 0.3) is 0 Å². The van der Waals surface area contributed by atoms with Gasteiger partial charge in [-0.25, -0.2) is 8.78 Å². The summed E-state index contributed by atoms with van der Waals surface area (Å²) in [6.45, 7) is 12.1. The Bertz CT molecular complexity index is 655. The monoisotopic (exact) mass is 338 g/mol. The Morgan fingerprint density at radius 3 is 1.96 bits per heavy atom. The quantitative estimate of drug-likeness (QED) is 0.523. The first-order valence-corrected chi connectivity index (χ1v) is 8.11. The van der Waals surface area contributed by atoms with Gasteiger partial charge in [-0.1, -0.05) is 64.4 Å². The van der Waals surface area contributed by atoms with Gasteiger partial charge in [-0.05, 0) is 53.1 Å². The molecule has 0 heterocycles. The summed E-state index contributed by atoms with van der Waals surface area (Å²) in [5, 5.41) is 0.183. The van der Waals surface area contributed by atoms with Crippen LogP contribution in [0.5, 0.6) is 0 Å². The molecule has 0 bridgehead atoms. The molecule has 0 N–H and O–H groups in total. The highest BCUT2D eigenvalue weighted by atomic mass is 35.5. The predicted molar refractivity (Wildman–Crippen MR) is 95.3 cm³/mol. The highest BCUT2D eigenvalue weighted by Crippen LogP contribution is 2.25. The summed E-state index contributed by atoms with van der Waals surface area (Å²) in [4.78, 5) is 0. The summed E-state index contributed by atoms with van der Waals surface area (Å²) in [5.74, 6) is 0.0211. The molecule has 0 spiro atoms. The van der Waals surface area contributed by atoms with Crippen LogP contribution in [0.1, 0.15) is 57.2 Å². The molecule has 0 saturated carbocycles. The van der Waals surface area contributed by atoms with E-state index in [2.05, 4.69) is 13.8 Å². The predicted octanol–water partition coefficient (Wildman–Crippen LogP) is 7.03. The Hall–Kier alpha value is -1.41. The molecule has 0 aromatic heterocycles. The first-order valence-electron chi connectivity index (χ1n) is 7.74. The van der Waals surface area contributed by atoms with Crippen molar-refractivity contribution in [1.29, 1.82) is 0 Å². The summed E-state index contributed by atoms with van der Waals surface area (Å²) < 4.78 is 25.7. The van der Waals surface area contributed by atoms with Crippen LogP contribution in [0.25, 0.3) is 0 Å². The molecule has 0 aliphatic carbocycles. The van der Waals surface area contributed by atoms with E-state index >= 15 is 0 Å². The van der Waals surface area contributed by atoms with E-state index in [9.17, 15) is 8.78 Å². The fourth-order valence-electron chi connectivity index (χ4n) is 1.99. The third-order valence-electron chi connectivity index (χ3n) is 3.63. The van der Waals surface area contributed by atoms with Gasteiger partial charge in [-0.15, -0.1) is 0 Å². The fourth-order valence-corrected chi connectivity index (χ4v) is 2.11. The molecule has 0 unspecified atom stereocenters. The number of benzene rings is 2. The van der Waals surface area contributed by atoms with Crippen LogP contribution in [-0.4, -0.2) is 0 Å². The van der Waals surface area contributed by atoms with E-state index < -0.39 is 0 Å². The van der Waals surface area contributed by atoms with Crippen molar-refractivity contribution < 1.29 is 8.78 Å². The molecule has 0 nitrogen and oxygen atoms in total. The zero-order valence-corrected chi connectivity index (χ0v) is 15.4. The average Bonchev–Trinajstić information content (AvgIpc) is 2.44. The van der Waals surface area contributed by atoms with Crippen molar-refractivity contribution in [3.63, 3.8) is 0 Å².